The smallest absolute Gasteiger partial charge is 0.226 e. The Hall–Kier alpha value is -1.36. The molecular formula is C13H25N5. The summed E-state index contributed by atoms with van der Waals surface area (Å²) in [6, 6.07) is 1.88. The van der Waals surface area contributed by atoms with Crippen molar-refractivity contribution in [1.82, 2.24) is 9.97 Å². The molecule has 5 nitrogen and oxygen atoms in total. The van der Waals surface area contributed by atoms with E-state index < -0.39 is 0 Å². The maximum atomic E-state index is 5.88. The highest BCUT2D eigenvalue weighted by molar-refractivity contribution is 5.42. The number of nitrogens with two attached hydrogens (primary N) is 1. The molecule has 1 rings (SSSR count). The molecule has 0 saturated heterocycles. The Morgan fingerprint density at radius 2 is 2.11 bits per heavy atom. The van der Waals surface area contributed by atoms with E-state index in [-0.39, 0.29) is 5.54 Å². The van der Waals surface area contributed by atoms with Crippen molar-refractivity contribution in [2.75, 3.05) is 30.9 Å². The third kappa shape index (κ3) is 4.14. The van der Waals surface area contributed by atoms with Crippen molar-refractivity contribution in [2.24, 2.45) is 11.7 Å². The third-order valence-corrected chi connectivity index (χ3v) is 2.78. The normalized spacial score (nSPS) is 14.4. The van der Waals surface area contributed by atoms with Crippen molar-refractivity contribution in [3.63, 3.8) is 0 Å². The molecule has 0 aliphatic carbocycles. The maximum absolute atomic E-state index is 5.88. The lowest BCUT2D eigenvalue weighted by molar-refractivity contribution is 0.406. The van der Waals surface area contributed by atoms with Crippen molar-refractivity contribution in [2.45, 2.75) is 32.7 Å². The van der Waals surface area contributed by atoms with E-state index in [1.54, 1.807) is 6.20 Å². The van der Waals surface area contributed by atoms with Gasteiger partial charge in [0.25, 0.3) is 0 Å². The summed E-state index contributed by atoms with van der Waals surface area (Å²) in [5.74, 6) is 2.10. The molecule has 3 N–H and O–H groups in total. The van der Waals surface area contributed by atoms with Gasteiger partial charge in [-0.05, 0) is 25.3 Å². The Balaban J connectivity index is 2.84. The largest absolute Gasteiger partial charge is 0.363 e. The van der Waals surface area contributed by atoms with Crippen molar-refractivity contribution >= 4 is 11.8 Å². The minimum atomic E-state index is -0.133. The predicted octanol–water partition coefficient (Wildman–Crippen LogP) is 1.72. The summed E-state index contributed by atoms with van der Waals surface area (Å²) < 4.78 is 0. The fraction of sp³-hybridized carbons (Fsp3) is 0.692. The number of hydrogen-bond acceptors (Lipinski definition) is 5. The number of aromatic nitrogens is 2. The number of anilines is 2. The first-order valence-electron chi connectivity index (χ1n) is 6.35. The average Bonchev–Trinajstić information content (AvgIpc) is 2.28. The molecule has 1 heterocycles. The van der Waals surface area contributed by atoms with Gasteiger partial charge in [-0.2, -0.15) is 4.98 Å². The van der Waals surface area contributed by atoms with Gasteiger partial charge in [-0.3, -0.25) is 0 Å². The van der Waals surface area contributed by atoms with E-state index in [1.807, 2.05) is 25.1 Å². The number of rotatable bonds is 6. The number of nitrogens with one attached hydrogen (secondary N) is 1. The highest BCUT2D eigenvalue weighted by atomic mass is 15.2. The van der Waals surface area contributed by atoms with Gasteiger partial charge in [-0.1, -0.05) is 13.8 Å². The first kappa shape index (κ1) is 14.7. The van der Waals surface area contributed by atoms with Gasteiger partial charge in [0.15, 0.2) is 0 Å². The summed E-state index contributed by atoms with van der Waals surface area (Å²) in [6.07, 6.45) is 2.77. The van der Waals surface area contributed by atoms with Crippen LogP contribution in [0.5, 0.6) is 0 Å². The summed E-state index contributed by atoms with van der Waals surface area (Å²) in [4.78, 5) is 10.5. The fourth-order valence-electron chi connectivity index (χ4n) is 2.03. The van der Waals surface area contributed by atoms with Crippen LogP contribution in [-0.4, -0.2) is 36.1 Å². The summed E-state index contributed by atoms with van der Waals surface area (Å²) in [7, 11) is 3.85. The lowest BCUT2D eigenvalue weighted by Crippen LogP contribution is -2.44. The van der Waals surface area contributed by atoms with Crippen molar-refractivity contribution < 1.29 is 0 Å². The van der Waals surface area contributed by atoms with Gasteiger partial charge >= 0.3 is 0 Å². The quantitative estimate of drug-likeness (QED) is 0.806. The van der Waals surface area contributed by atoms with E-state index >= 15 is 0 Å². The molecule has 0 spiro atoms. The van der Waals surface area contributed by atoms with E-state index in [0.29, 0.717) is 18.4 Å². The lowest BCUT2D eigenvalue weighted by atomic mass is 9.91. The third-order valence-electron chi connectivity index (χ3n) is 2.78. The summed E-state index contributed by atoms with van der Waals surface area (Å²) >= 11 is 0. The van der Waals surface area contributed by atoms with Crippen LogP contribution < -0.4 is 16.0 Å². The predicted molar refractivity (Wildman–Crippen MR) is 76.9 cm³/mol. The second-order valence-corrected chi connectivity index (χ2v) is 5.62. The molecule has 0 aliphatic heterocycles. The van der Waals surface area contributed by atoms with Crippen molar-refractivity contribution in [3.8, 4) is 0 Å². The second-order valence-electron chi connectivity index (χ2n) is 5.62. The van der Waals surface area contributed by atoms with Crippen LogP contribution in [0, 0.1) is 5.92 Å². The molecule has 0 amide bonds. The Morgan fingerprint density at radius 1 is 1.44 bits per heavy atom. The Bertz CT molecular complexity index is 377. The fourth-order valence-corrected chi connectivity index (χ4v) is 2.03. The molecule has 0 saturated carbocycles. The second kappa shape index (κ2) is 6.00. The standard InChI is InChI=1S/C13H25N5/c1-10(2)8-13(3,9-14)17-11-6-7-15-12(16-11)18(4)5/h6-7,10H,8-9,14H2,1-5H3,(H,15,16,17). The zero-order valence-electron chi connectivity index (χ0n) is 12.1. The molecule has 1 unspecified atom stereocenters. The Morgan fingerprint density at radius 3 is 2.61 bits per heavy atom. The SMILES string of the molecule is CC(C)CC(C)(CN)Nc1ccnc(N(C)C)n1. The molecule has 1 aromatic heterocycles. The summed E-state index contributed by atoms with van der Waals surface area (Å²) in [6.45, 7) is 7.10. The van der Waals surface area contributed by atoms with Crippen LogP contribution in [0.2, 0.25) is 0 Å². The molecular weight excluding hydrogens is 226 g/mol. The molecule has 1 aromatic rings. The molecule has 0 aliphatic rings. The van der Waals surface area contributed by atoms with Gasteiger partial charge < -0.3 is 16.0 Å². The molecule has 0 radical (unpaired) electrons. The highest BCUT2D eigenvalue weighted by Crippen LogP contribution is 2.21. The van der Waals surface area contributed by atoms with Gasteiger partial charge in [0, 0.05) is 32.4 Å². The van der Waals surface area contributed by atoms with Crippen LogP contribution in [0.15, 0.2) is 12.3 Å². The topological polar surface area (TPSA) is 67.1 Å². The first-order chi connectivity index (χ1) is 8.36. The molecule has 0 bridgehead atoms. The molecule has 0 fully saturated rings. The zero-order chi connectivity index (χ0) is 13.8. The van der Waals surface area contributed by atoms with Crippen molar-refractivity contribution in [1.29, 1.82) is 0 Å². The first-order valence-corrected chi connectivity index (χ1v) is 6.35. The van der Waals surface area contributed by atoms with E-state index in [2.05, 4.69) is 36.1 Å². The van der Waals surface area contributed by atoms with Gasteiger partial charge in [-0.15, -0.1) is 0 Å². The Labute approximate surface area is 110 Å². The van der Waals surface area contributed by atoms with Crippen LogP contribution in [-0.2, 0) is 0 Å². The zero-order valence-corrected chi connectivity index (χ0v) is 12.1. The van der Waals surface area contributed by atoms with Gasteiger partial charge in [0.1, 0.15) is 5.82 Å². The monoisotopic (exact) mass is 251 g/mol. The van der Waals surface area contributed by atoms with Crippen molar-refractivity contribution in [3.05, 3.63) is 12.3 Å². The van der Waals surface area contributed by atoms with Gasteiger partial charge in [0.05, 0.1) is 0 Å². The Kier molecular flexibility index (Phi) is 4.90. The van der Waals surface area contributed by atoms with E-state index in [4.69, 9.17) is 5.73 Å². The van der Waals surface area contributed by atoms with Gasteiger partial charge in [-0.25, -0.2) is 4.98 Å². The van der Waals surface area contributed by atoms with E-state index in [1.165, 1.54) is 0 Å². The van der Waals surface area contributed by atoms with E-state index in [0.717, 1.165) is 12.2 Å². The molecule has 0 aromatic carbocycles. The van der Waals surface area contributed by atoms with Crippen LogP contribution in [0.4, 0.5) is 11.8 Å². The van der Waals surface area contributed by atoms with Crippen LogP contribution in [0.25, 0.3) is 0 Å². The highest BCUT2D eigenvalue weighted by Gasteiger charge is 2.24. The molecule has 1 atom stereocenters. The lowest BCUT2D eigenvalue weighted by Gasteiger charge is -2.32. The van der Waals surface area contributed by atoms with Crippen LogP contribution >= 0.6 is 0 Å². The maximum Gasteiger partial charge on any atom is 0.226 e. The minimum Gasteiger partial charge on any atom is -0.363 e. The van der Waals surface area contributed by atoms with E-state index in [9.17, 15) is 0 Å². The molecule has 18 heavy (non-hydrogen) atoms. The van der Waals surface area contributed by atoms with Gasteiger partial charge in [0.2, 0.25) is 5.95 Å². The molecule has 102 valence electrons. The summed E-state index contributed by atoms with van der Waals surface area (Å²) in [5, 5.41) is 3.43. The average molecular weight is 251 g/mol. The molecule has 5 heteroatoms. The minimum absolute atomic E-state index is 0.133. The summed E-state index contributed by atoms with van der Waals surface area (Å²) in [5.41, 5.74) is 5.75. The number of hydrogen-bond donors (Lipinski definition) is 2. The number of nitrogens with zero attached hydrogens (tertiary/aromatic N) is 3. The van der Waals surface area contributed by atoms with Crippen LogP contribution in [0.1, 0.15) is 27.2 Å². The van der Waals surface area contributed by atoms with Crippen LogP contribution in [0.3, 0.4) is 0 Å².